The highest BCUT2D eigenvalue weighted by atomic mass is 14.9. The van der Waals surface area contributed by atoms with Gasteiger partial charge in [-0.05, 0) is 25.3 Å². The van der Waals surface area contributed by atoms with Crippen molar-refractivity contribution < 1.29 is 0 Å². The summed E-state index contributed by atoms with van der Waals surface area (Å²) in [5, 5.41) is 3.51. The second-order valence-electron chi connectivity index (χ2n) is 3.55. The van der Waals surface area contributed by atoms with E-state index in [1.807, 2.05) is 0 Å². The number of nitrogens with two attached hydrogens (primary N) is 1. The molecule has 0 radical (unpaired) electrons. The number of hydrogen-bond donors (Lipinski definition) is 2. The summed E-state index contributed by atoms with van der Waals surface area (Å²) in [6.45, 7) is 4.25. The van der Waals surface area contributed by atoms with Crippen molar-refractivity contribution in [1.82, 2.24) is 5.32 Å². The molecule has 2 unspecified atom stereocenters. The maximum Gasteiger partial charge on any atom is 0.0190 e. The van der Waals surface area contributed by atoms with Crippen LogP contribution in [0.15, 0.2) is 0 Å². The second-order valence-corrected chi connectivity index (χ2v) is 3.55. The van der Waals surface area contributed by atoms with Crippen LogP contribution in [0.1, 0.15) is 32.6 Å². The third-order valence-corrected chi connectivity index (χ3v) is 2.72. The van der Waals surface area contributed by atoms with Crippen LogP contribution < -0.4 is 11.1 Å². The third kappa shape index (κ3) is 2.80. The van der Waals surface area contributed by atoms with Gasteiger partial charge < -0.3 is 11.1 Å². The Bertz CT molecular complexity index is 91.7. The summed E-state index contributed by atoms with van der Waals surface area (Å²) in [7, 11) is 0. The average molecular weight is 156 g/mol. The van der Waals surface area contributed by atoms with Crippen LogP contribution in [0, 0.1) is 5.92 Å². The molecule has 0 bridgehead atoms. The molecule has 0 amide bonds. The van der Waals surface area contributed by atoms with Crippen LogP contribution in [0.2, 0.25) is 0 Å². The highest BCUT2D eigenvalue weighted by Gasteiger charge is 2.14. The van der Waals surface area contributed by atoms with Crippen molar-refractivity contribution in [2.75, 3.05) is 13.1 Å². The van der Waals surface area contributed by atoms with Gasteiger partial charge in [0, 0.05) is 12.6 Å². The summed E-state index contributed by atoms with van der Waals surface area (Å²) in [4.78, 5) is 0. The van der Waals surface area contributed by atoms with Crippen LogP contribution in [0.3, 0.4) is 0 Å². The van der Waals surface area contributed by atoms with Gasteiger partial charge in [-0.2, -0.15) is 0 Å². The number of nitrogens with one attached hydrogen (secondary N) is 1. The fraction of sp³-hybridized carbons (Fsp3) is 1.00. The lowest BCUT2D eigenvalue weighted by Gasteiger charge is -2.14. The van der Waals surface area contributed by atoms with Crippen molar-refractivity contribution in [3.05, 3.63) is 0 Å². The van der Waals surface area contributed by atoms with Gasteiger partial charge in [-0.15, -0.1) is 0 Å². The summed E-state index contributed by atoms with van der Waals surface area (Å²) in [6.07, 6.45) is 5.32. The van der Waals surface area contributed by atoms with E-state index in [-0.39, 0.29) is 0 Å². The SMILES string of the molecule is CCC1CCCC(CN)NC1. The highest BCUT2D eigenvalue weighted by Crippen LogP contribution is 2.16. The Balaban J connectivity index is 2.27. The molecule has 2 nitrogen and oxygen atoms in total. The molecule has 1 heterocycles. The minimum Gasteiger partial charge on any atom is -0.329 e. The first-order valence-corrected chi connectivity index (χ1v) is 4.80. The molecule has 1 aliphatic heterocycles. The maximum atomic E-state index is 5.60. The monoisotopic (exact) mass is 156 g/mol. The lowest BCUT2D eigenvalue weighted by Crippen LogP contribution is -2.36. The van der Waals surface area contributed by atoms with Crippen molar-refractivity contribution >= 4 is 0 Å². The summed E-state index contributed by atoms with van der Waals surface area (Å²) >= 11 is 0. The molecule has 1 rings (SSSR count). The highest BCUT2D eigenvalue weighted by molar-refractivity contribution is 4.75. The summed E-state index contributed by atoms with van der Waals surface area (Å²) in [5.74, 6) is 0.895. The predicted octanol–water partition coefficient (Wildman–Crippen LogP) is 1.11. The quantitative estimate of drug-likeness (QED) is 0.628. The first-order chi connectivity index (χ1) is 5.36. The Labute approximate surface area is 69.5 Å². The zero-order chi connectivity index (χ0) is 8.10. The van der Waals surface area contributed by atoms with E-state index in [2.05, 4.69) is 12.2 Å². The number of hydrogen-bond acceptors (Lipinski definition) is 2. The molecule has 0 spiro atoms. The zero-order valence-corrected chi connectivity index (χ0v) is 7.47. The molecule has 0 aromatic rings. The molecular formula is C9H20N2. The van der Waals surface area contributed by atoms with E-state index in [0.29, 0.717) is 6.04 Å². The fourth-order valence-corrected chi connectivity index (χ4v) is 1.74. The third-order valence-electron chi connectivity index (χ3n) is 2.72. The van der Waals surface area contributed by atoms with Gasteiger partial charge in [0.15, 0.2) is 0 Å². The van der Waals surface area contributed by atoms with Gasteiger partial charge in [-0.3, -0.25) is 0 Å². The Morgan fingerprint density at radius 2 is 2.27 bits per heavy atom. The molecule has 2 heteroatoms. The average Bonchev–Trinajstić information content (AvgIpc) is 2.28. The van der Waals surface area contributed by atoms with Gasteiger partial charge in [-0.1, -0.05) is 19.8 Å². The smallest absolute Gasteiger partial charge is 0.0190 e. The van der Waals surface area contributed by atoms with E-state index >= 15 is 0 Å². The summed E-state index contributed by atoms with van der Waals surface area (Å²) in [5.41, 5.74) is 5.60. The second kappa shape index (κ2) is 4.73. The van der Waals surface area contributed by atoms with E-state index in [1.54, 1.807) is 0 Å². The Kier molecular flexibility index (Phi) is 3.87. The van der Waals surface area contributed by atoms with Crippen LogP contribution in [0.5, 0.6) is 0 Å². The summed E-state index contributed by atoms with van der Waals surface area (Å²) < 4.78 is 0. The van der Waals surface area contributed by atoms with Gasteiger partial charge in [0.25, 0.3) is 0 Å². The van der Waals surface area contributed by atoms with Crippen molar-refractivity contribution in [3.63, 3.8) is 0 Å². The zero-order valence-electron chi connectivity index (χ0n) is 7.47. The van der Waals surface area contributed by atoms with Gasteiger partial charge >= 0.3 is 0 Å². The molecule has 1 saturated heterocycles. The Hall–Kier alpha value is -0.0800. The van der Waals surface area contributed by atoms with Crippen molar-refractivity contribution in [2.24, 2.45) is 11.7 Å². The Morgan fingerprint density at radius 3 is 2.91 bits per heavy atom. The van der Waals surface area contributed by atoms with E-state index in [1.165, 1.54) is 32.2 Å². The standard InChI is InChI=1S/C9H20N2/c1-2-8-4-3-5-9(6-10)11-7-8/h8-9,11H,2-7,10H2,1H3. The minimum absolute atomic E-state index is 0.589. The van der Waals surface area contributed by atoms with E-state index < -0.39 is 0 Å². The molecule has 1 aliphatic rings. The van der Waals surface area contributed by atoms with E-state index in [4.69, 9.17) is 5.73 Å². The molecular weight excluding hydrogens is 136 g/mol. The first kappa shape index (κ1) is 9.01. The van der Waals surface area contributed by atoms with Crippen molar-refractivity contribution in [3.8, 4) is 0 Å². The van der Waals surface area contributed by atoms with Gasteiger partial charge in [0.2, 0.25) is 0 Å². The maximum absolute atomic E-state index is 5.60. The lowest BCUT2D eigenvalue weighted by molar-refractivity contribution is 0.450. The molecule has 11 heavy (non-hydrogen) atoms. The molecule has 0 aromatic heterocycles. The lowest BCUT2D eigenvalue weighted by atomic mass is 10.0. The normalized spacial score (nSPS) is 33.3. The van der Waals surface area contributed by atoms with Crippen LogP contribution in [0.4, 0.5) is 0 Å². The molecule has 0 aromatic carbocycles. The van der Waals surface area contributed by atoms with Crippen LogP contribution in [-0.2, 0) is 0 Å². The molecule has 1 fully saturated rings. The van der Waals surface area contributed by atoms with Crippen LogP contribution in [0.25, 0.3) is 0 Å². The Morgan fingerprint density at radius 1 is 1.45 bits per heavy atom. The largest absolute Gasteiger partial charge is 0.329 e. The van der Waals surface area contributed by atoms with Gasteiger partial charge in [-0.25, -0.2) is 0 Å². The minimum atomic E-state index is 0.589. The number of rotatable bonds is 2. The van der Waals surface area contributed by atoms with Crippen molar-refractivity contribution in [1.29, 1.82) is 0 Å². The predicted molar refractivity (Wildman–Crippen MR) is 48.5 cm³/mol. The molecule has 2 atom stereocenters. The van der Waals surface area contributed by atoms with Gasteiger partial charge in [0.1, 0.15) is 0 Å². The molecule has 0 aliphatic carbocycles. The van der Waals surface area contributed by atoms with E-state index in [0.717, 1.165) is 12.5 Å². The van der Waals surface area contributed by atoms with Crippen LogP contribution in [-0.4, -0.2) is 19.1 Å². The van der Waals surface area contributed by atoms with Crippen molar-refractivity contribution in [2.45, 2.75) is 38.6 Å². The molecule has 3 N–H and O–H groups in total. The molecule has 0 saturated carbocycles. The van der Waals surface area contributed by atoms with Crippen LogP contribution >= 0.6 is 0 Å². The van der Waals surface area contributed by atoms with Gasteiger partial charge in [0.05, 0.1) is 0 Å². The fourth-order valence-electron chi connectivity index (χ4n) is 1.74. The summed E-state index contributed by atoms with van der Waals surface area (Å²) in [6, 6.07) is 0.589. The molecule has 66 valence electrons. The topological polar surface area (TPSA) is 38.0 Å². The first-order valence-electron chi connectivity index (χ1n) is 4.80. The van der Waals surface area contributed by atoms with E-state index in [9.17, 15) is 0 Å².